The summed E-state index contributed by atoms with van der Waals surface area (Å²) in [7, 11) is 0. The average molecular weight is 143 g/mol. The fourth-order valence-corrected chi connectivity index (χ4v) is 0. The van der Waals surface area contributed by atoms with Crippen LogP contribution in [0.1, 0.15) is 0 Å². The molecule has 4 heavy (non-hydrogen) atoms. The largest absolute Gasteiger partial charge is 0 e. The van der Waals surface area contributed by atoms with Crippen molar-refractivity contribution >= 4 is 59.9 Å². The van der Waals surface area contributed by atoms with Crippen LogP contribution in [0.25, 0.3) is 0 Å². The first-order chi connectivity index (χ1) is 0. The van der Waals surface area contributed by atoms with Crippen molar-refractivity contribution in [1.29, 1.82) is 0 Å². The van der Waals surface area contributed by atoms with Crippen LogP contribution in [0.15, 0.2) is 0 Å². The number of rotatable bonds is 0. The van der Waals surface area contributed by atoms with Gasteiger partial charge in [0.25, 0.3) is 0 Å². The second kappa shape index (κ2) is 20.5. The Morgan fingerprint density at radius 1 is 1.00 bits per heavy atom. The van der Waals surface area contributed by atoms with Crippen molar-refractivity contribution in [3.8, 4) is 0 Å². The average Bonchev–Trinajstić information content (AvgIpc) is 0. The van der Waals surface area contributed by atoms with E-state index < -0.39 is 0 Å². The van der Waals surface area contributed by atoms with Crippen molar-refractivity contribution in [2.75, 3.05) is 0 Å². The van der Waals surface area contributed by atoms with E-state index in [9.17, 15) is 0 Å². The van der Waals surface area contributed by atoms with Gasteiger partial charge in [-0.1, -0.05) is 0 Å². The van der Waals surface area contributed by atoms with E-state index in [0.717, 1.165) is 0 Å². The zero-order valence-electron chi connectivity index (χ0n) is 2.36. The van der Waals surface area contributed by atoms with Gasteiger partial charge in [-0.2, -0.15) is 0 Å². The minimum atomic E-state index is 0. The first-order valence-electron chi connectivity index (χ1n) is 0. The molecule has 0 nitrogen and oxygen atoms in total. The SMILES string of the molecule is [Ge].[Li].[P].[S]. The number of hydrogen-bond acceptors (Lipinski definition) is 0. The molecule has 4 heteroatoms. The number of hydrogen-bond donors (Lipinski definition) is 0. The van der Waals surface area contributed by atoms with E-state index in [0.29, 0.717) is 0 Å². The molecule has 0 aromatic rings. The van der Waals surface area contributed by atoms with Crippen molar-refractivity contribution in [1.82, 2.24) is 0 Å². The standard InChI is InChI=1S/Ge.Li.P.S. The fraction of sp³-hybridized carbons (Fsp3) is 0. The topological polar surface area (TPSA) is 0 Å². The Morgan fingerprint density at radius 3 is 1.00 bits per heavy atom. The molecule has 0 rings (SSSR count). The molecule has 0 bridgehead atoms. The molecule has 10 radical (unpaired) electrons. The maximum Gasteiger partial charge on any atom is 0 e. The molecule has 0 saturated carbocycles. The van der Waals surface area contributed by atoms with Crippen molar-refractivity contribution in [2.24, 2.45) is 0 Å². The Balaban J connectivity index is 0. The Hall–Kier alpha value is 1.92. The molecule has 0 spiro atoms. The summed E-state index contributed by atoms with van der Waals surface area (Å²) in [5.74, 6) is 0. The maximum atomic E-state index is 0. The fourth-order valence-electron chi connectivity index (χ4n) is 0. The summed E-state index contributed by atoms with van der Waals surface area (Å²) in [5, 5.41) is 0. The van der Waals surface area contributed by atoms with Gasteiger partial charge in [0.1, 0.15) is 0 Å². The first-order valence-corrected chi connectivity index (χ1v) is 0. The van der Waals surface area contributed by atoms with E-state index in [-0.39, 0.29) is 59.9 Å². The summed E-state index contributed by atoms with van der Waals surface area (Å²) in [6.07, 6.45) is 0. The summed E-state index contributed by atoms with van der Waals surface area (Å²) < 4.78 is 0. The molecule has 0 aliphatic heterocycles. The van der Waals surface area contributed by atoms with Crippen LogP contribution in [0, 0.1) is 0 Å². The van der Waals surface area contributed by atoms with Crippen molar-refractivity contribution < 1.29 is 0 Å². The molecule has 0 saturated heterocycles. The van der Waals surface area contributed by atoms with Gasteiger partial charge in [-0.25, -0.2) is 0 Å². The predicted octanol–water partition coefficient (Wildman–Crippen LogP) is 0.748. The van der Waals surface area contributed by atoms with E-state index >= 15 is 0 Å². The van der Waals surface area contributed by atoms with Crippen LogP contribution < -0.4 is 0 Å². The molecule has 0 unspecified atom stereocenters. The molecule has 0 heterocycles. The quantitative estimate of drug-likeness (QED) is 0.346. The second-order valence-electron chi connectivity index (χ2n) is 0. The maximum absolute atomic E-state index is 0. The van der Waals surface area contributed by atoms with Crippen LogP contribution >= 0.6 is 23.4 Å². The van der Waals surface area contributed by atoms with Crippen LogP contribution in [-0.2, 0) is 0 Å². The van der Waals surface area contributed by atoms with E-state index in [1.54, 1.807) is 0 Å². The second-order valence-corrected chi connectivity index (χ2v) is 0. The summed E-state index contributed by atoms with van der Waals surface area (Å²) in [5.41, 5.74) is 0. The van der Waals surface area contributed by atoms with Gasteiger partial charge in [0.15, 0.2) is 0 Å². The smallest absolute Gasteiger partial charge is 0 e. The van der Waals surface area contributed by atoms with Crippen molar-refractivity contribution in [3.05, 3.63) is 0 Å². The molecule has 16 valence electrons. The normalized spacial score (nSPS) is 0. The van der Waals surface area contributed by atoms with E-state index in [4.69, 9.17) is 0 Å². The Bertz CT molecular complexity index is 8.00. The first kappa shape index (κ1) is 38.9. The zero-order chi connectivity index (χ0) is 0. The van der Waals surface area contributed by atoms with Crippen molar-refractivity contribution in [3.63, 3.8) is 0 Å². The molecule has 0 aromatic carbocycles. The summed E-state index contributed by atoms with van der Waals surface area (Å²) in [6.45, 7) is 0. The third kappa shape index (κ3) is 9.07. The van der Waals surface area contributed by atoms with Gasteiger partial charge in [0.05, 0.1) is 0 Å². The van der Waals surface area contributed by atoms with E-state index in [1.807, 2.05) is 0 Å². The monoisotopic (exact) mass is 144 g/mol. The van der Waals surface area contributed by atoms with E-state index in [2.05, 4.69) is 0 Å². The van der Waals surface area contributed by atoms with Gasteiger partial charge >= 0.3 is 0 Å². The Labute approximate surface area is 59.7 Å². The van der Waals surface area contributed by atoms with Gasteiger partial charge in [0.2, 0.25) is 0 Å². The van der Waals surface area contributed by atoms with Crippen LogP contribution in [0.4, 0.5) is 0 Å². The van der Waals surface area contributed by atoms with Crippen LogP contribution in [-0.4, -0.2) is 36.5 Å². The zero-order valence-corrected chi connectivity index (χ0v) is 6.16. The van der Waals surface area contributed by atoms with Gasteiger partial charge in [-0.15, -0.1) is 0 Å². The van der Waals surface area contributed by atoms with Gasteiger partial charge in [-0.3, -0.25) is 0 Å². The third-order valence-corrected chi connectivity index (χ3v) is 0. The summed E-state index contributed by atoms with van der Waals surface area (Å²) >= 11 is 0. The summed E-state index contributed by atoms with van der Waals surface area (Å²) in [6, 6.07) is 0. The minimum Gasteiger partial charge on any atom is 0 e. The van der Waals surface area contributed by atoms with Gasteiger partial charge in [-0.05, 0) is 0 Å². The Morgan fingerprint density at radius 2 is 1.00 bits per heavy atom. The minimum absolute atomic E-state index is 0. The van der Waals surface area contributed by atoms with Crippen LogP contribution in [0.5, 0.6) is 0 Å². The molecule has 0 aromatic heterocycles. The molecule has 0 atom stereocenters. The van der Waals surface area contributed by atoms with Crippen LogP contribution in [0.2, 0.25) is 0 Å². The third-order valence-electron chi connectivity index (χ3n) is 0. The van der Waals surface area contributed by atoms with Gasteiger partial charge < -0.3 is 0 Å². The van der Waals surface area contributed by atoms with E-state index in [1.165, 1.54) is 0 Å². The molecule has 0 aliphatic rings. The van der Waals surface area contributed by atoms with Gasteiger partial charge in [0, 0.05) is 59.9 Å². The predicted molar refractivity (Wildman–Crippen MR) is 26.0 cm³/mol. The van der Waals surface area contributed by atoms with Crippen LogP contribution in [0.3, 0.4) is 0 Å². The molecular formula is GeLiPS. The Kier molecular flexibility index (Phi) is 199. The molecule has 0 amide bonds. The molecule has 0 aliphatic carbocycles. The summed E-state index contributed by atoms with van der Waals surface area (Å²) in [4.78, 5) is 0. The molecule has 0 fully saturated rings. The molecule has 0 N–H and O–H groups in total. The molecular weight excluding hydrogens is 143 g/mol. The van der Waals surface area contributed by atoms with Crippen molar-refractivity contribution in [2.45, 2.75) is 0 Å².